The highest BCUT2D eigenvalue weighted by atomic mass is 16.5. The molecule has 0 unspecified atom stereocenters. The maximum atomic E-state index is 6.06. The lowest BCUT2D eigenvalue weighted by Gasteiger charge is -2.31. The molecular weight excluding hydrogens is 258 g/mol. The Morgan fingerprint density at radius 2 is 1.43 bits per heavy atom. The number of para-hydroxylation sites is 1. The molecule has 1 heterocycles. The van der Waals surface area contributed by atoms with Crippen LogP contribution in [0.25, 0.3) is 0 Å². The zero-order valence-corrected chi connectivity index (χ0v) is 13.9. The number of aromatic nitrogens is 1. The molecule has 0 spiro atoms. The van der Waals surface area contributed by atoms with Crippen LogP contribution in [-0.4, -0.2) is 4.98 Å². The van der Waals surface area contributed by atoms with E-state index >= 15 is 0 Å². The molecule has 0 aliphatic rings. The second-order valence-electron chi connectivity index (χ2n) is 7.45. The summed E-state index contributed by atoms with van der Waals surface area (Å²) in [4.78, 5) is 4.49. The SMILES string of the molecule is CC(C)(C)c1ccnc(Oc2ccccc2)c1C(C)(C)C. The van der Waals surface area contributed by atoms with Crippen LogP contribution in [0.3, 0.4) is 0 Å². The largest absolute Gasteiger partial charge is 0.439 e. The van der Waals surface area contributed by atoms with Crippen LogP contribution in [0.5, 0.6) is 11.6 Å². The third kappa shape index (κ3) is 3.63. The average Bonchev–Trinajstić information content (AvgIpc) is 2.37. The fourth-order valence-electron chi connectivity index (χ4n) is 2.47. The molecule has 0 atom stereocenters. The molecule has 0 bridgehead atoms. The second kappa shape index (κ2) is 5.51. The zero-order valence-electron chi connectivity index (χ0n) is 13.9. The molecule has 2 rings (SSSR count). The summed E-state index contributed by atoms with van der Waals surface area (Å²) in [7, 11) is 0. The number of hydrogen-bond donors (Lipinski definition) is 0. The van der Waals surface area contributed by atoms with E-state index in [0.29, 0.717) is 5.88 Å². The van der Waals surface area contributed by atoms with Gasteiger partial charge in [-0.1, -0.05) is 59.7 Å². The Kier molecular flexibility index (Phi) is 4.08. The summed E-state index contributed by atoms with van der Waals surface area (Å²) in [6.45, 7) is 13.3. The van der Waals surface area contributed by atoms with E-state index in [4.69, 9.17) is 4.74 Å². The van der Waals surface area contributed by atoms with Crippen molar-refractivity contribution in [3.63, 3.8) is 0 Å². The van der Waals surface area contributed by atoms with Gasteiger partial charge in [0.15, 0.2) is 0 Å². The lowest BCUT2D eigenvalue weighted by atomic mass is 9.76. The van der Waals surface area contributed by atoms with E-state index in [9.17, 15) is 0 Å². The first kappa shape index (κ1) is 15.6. The van der Waals surface area contributed by atoms with Gasteiger partial charge >= 0.3 is 0 Å². The quantitative estimate of drug-likeness (QED) is 0.729. The van der Waals surface area contributed by atoms with E-state index < -0.39 is 0 Å². The van der Waals surface area contributed by atoms with Gasteiger partial charge in [-0.2, -0.15) is 0 Å². The van der Waals surface area contributed by atoms with Crippen molar-refractivity contribution in [1.29, 1.82) is 0 Å². The Morgan fingerprint density at radius 3 is 1.95 bits per heavy atom. The van der Waals surface area contributed by atoms with Crippen LogP contribution in [0.2, 0.25) is 0 Å². The van der Waals surface area contributed by atoms with Gasteiger partial charge in [0.2, 0.25) is 5.88 Å². The van der Waals surface area contributed by atoms with Gasteiger partial charge in [0.05, 0.1) is 0 Å². The number of ether oxygens (including phenoxy) is 1. The highest BCUT2D eigenvalue weighted by Crippen LogP contribution is 2.39. The lowest BCUT2D eigenvalue weighted by Crippen LogP contribution is -2.23. The third-order valence-corrected chi connectivity index (χ3v) is 3.43. The van der Waals surface area contributed by atoms with Gasteiger partial charge in [-0.05, 0) is 34.6 Å². The van der Waals surface area contributed by atoms with E-state index in [1.165, 1.54) is 11.1 Å². The van der Waals surface area contributed by atoms with Crippen LogP contribution in [0.1, 0.15) is 52.7 Å². The minimum absolute atomic E-state index is 0.0268. The maximum Gasteiger partial charge on any atom is 0.223 e. The van der Waals surface area contributed by atoms with Gasteiger partial charge in [-0.15, -0.1) is 0 Å². The van der Waals surface area contributed by atoms with Crippen LogP contribution in [0.4, 0.5) is 0 Å². The normalized spacial score (nSPS) is 12.3. The van der Waals surface area contributed by atoms with Gasteiger partial charge in [0, 0.05) is 11.8 Å². The van der Waals surface area contributed by atoms with Gasteiger partial charge in [0.1, 0.15) is 5.75 Å². The third-order valence-electron chi connectivity index (χ3n) is 3.43. The van der Waals surface area contributed by atoms with Crippen molar-refractivity contribution in [2.75, 3.05) is 0 Å². The molecule has 2 nitrogen and oxygen atoms in total. The highest BCUT2D eigenvalue weighted by Gasteiger charge is 2.29. The molecule has 0 N–H and O–H groups in total. The Balaban J connectivity index is 2.56. The predicted molar refractivity (Wildman–Crippen MR) is 88.2 cm³/mol. The van der Waals surface area contributed by atoms with E-state index in [2.05, 4.69) is 52.6 Å². The first-order chi connectivity index (χ1) is 9.69. The smallest absolute Gasteiger partial charge is 0.223 e. The molecule has 0 saturated carbocycles. The Labute approximate surface area is 128 Å². The lowest BCUT2D eigenvalue weighted by molar-refractivity contribution is 0.426. The van der Waals surface area contributed by atoms with Crippen molar-refractivity contribution in [2.45, 2.75) is 52.4 Å². The van der Waals surface area contributed by atoms with Crippen molar-refractivity contribution in [1.82, 2.24) is 4.98 Å². The molecule has 2 aromatic rings. The standard InChI is InChI=1S/C19H25NO/c1-18(2,3)15-12-13-20-17(16(15)19(4,5)6)21-14-10-8-7-9-11-14/h7-13H,1-6H3. The van der Waals surface area contributed by atoms with Gasteiger partial charge in [-0.25, -0.2) is 4.98 Å². The highest BCUT2D eigenvalue weighted by molar-refractivity contribution is 5.45. The van der Waals surface area contributed by atoms with E-state index in [1.54, 1.807) is 0 Å². The monoisotopic (exact) mass is 283 g/mol. The summed E-state index contributed by atoms with van der Waals surface area (Å²) in [5.74, 6) is 1.53. The number of hydrogen-bond acceptors (Lipinski definition) is 2. The molecule has 2 heteroatoms. The van der Waals surface area contributed by atoms with E-state index in [-0.39, 0.29) is 10.8 Å². The molecule has 0 aliphatic heterocycles. The topological polar surface area (TPSA) is 22.1 Å². The molecule has 21 heavy (non-hydrogen) atoms. The van der Waals surface area contributed by atoms with E-state index in [1.807, 2.05) is 36.5 Å². The van der Waals surface area contributed by atoms with Crippen molar-refractivity contribution >= 4 is 0 Å². The van der Waals surface area contributed by atoms with Gasteiger partial charge in [-0.3, -0.25) is 0 Å². The fourth-order valence-corrected chi connectivity index (χ4v) is 2.47. The van der Waals surface area contributed by atoms with Crippen LogP contribution in [0.15, 0.2) is 42.6 Å². The summed E-state index contributed by atoms with van der Waals surface area (Å²) >= 11 is 0. The molecule has 0 aliphatic carbocycles. The predicted octanol–water partition coefficient (Wildman–Crippen LogP) is 5.47. The summed E-state index contributed by atoms with van der Waals surface area (Å²) in [5, 5.41) is 0. The number of pyridine rings is 1. The zero-order chi connectivity index (χ0) is 15.7. The summed E-state index contributed by atoms with van der Waals surface area (Å²) < 4.78 is 6.06. The van der Waals surface area contributed by atoms with E-state index in [0.717, 1.165) is 5.75 Å². The maximum absolute atomic E-state index is 6.06. The number of nitrogens with zero attached hydrogens (tertiary/aromatic N) is 1. The summed E-state index contributed by atoms with van der Waals surface area (Å²) in [6.07, 6.45) is 1.84. The molecule has 0 fully saturated rings. The average molecular weight is 283 g/mol. The number of benzene rings is 1. The molecule has 0 amide bonds. The summed E-state index contributed by atoms with van der Waals surface area (Å²) in [6, 6.07) is 11.9. The molecule has 0 saturated heterocycles. The molecule has 1 aromatic carbocycles. The van der Waals surface area contributed by atoms with Gasteiger partial charge < -0.3 is 4.74 Å². The van der Waals surface area contributed by atoms with Crippen molar-refractivity contribution < 1.29 is 4.74 Å². The first-order valence-electron chi connectivity index (χ1n) is 7.42. The van der Waals surface area contributed by atoms with Crippen LogP contribution in [-0.2, 0) is 10.8 Å². The van der Waals surface area contributed by atoms with Crippen LogP contribution < -0.4 is 4.74 Å². The minimum atomic E-state index is -0.0268. The molecule has 112 valence electrons. The second-order valence-corrected chi connectivity index (χ2v) is 7.45. The molecule has 0 radical (unpaired) electrons. The molecule has 1 aromatic heterocycles. The van der Waals surface area contributed by atoms with Crippen LogP contribution in [0, 0.1) is 0 Å². The summed E-state index contributed by atoms with van der Waals surface area (Å²) in [5.41, 5.74) is 2.50. The Bertz CT molecular complexity index is 604. The minimum Gasteiger partial charge on any atom is -0.439 e. The van der Waals surface area contributed by atoms with Crippen molar-refractivity contribution in [2.24, 2.45) is 0 Å². The Morgan fingerprint density at radius 1 is 0.810 bits per heavy atom. The van der Waals surface area contributed by atoms with Crippen molar-refractivity contribution in [3.05, 3.63) is 53.7 Å². The van der Waals surface area contributed by atoms with Gasteiger partial charge in [0.25, 0.3) is 0 Å². The fraction of sp³-hybridized carbons (Fsp3) is 0.421. The van der Waals surface area contributed by atoms with Crippen molar-refractivity contribution in [3.8, 4) is 11.6 Å². The van der Waals surface area contributed by atoms with Crippen LogP contribution >= 0.6 is 0 Å². The number of rotatable bonds is 2. The molecular formula is C19H25NO. The first-order valence-corrected chi connectivity index (χ1v) is 7.42. The Hall–Kier alpha value is -1.83.